The number of amides is 1. The van der Waals surface area contributed by atoms with Crippen LogP contribution in [0.3, 0.4) is 0 Å². The van der Waals surface area contributed by atoms with Crippen molar-refractivity contribution in [1.82, 2.24) is 0 Å². The molecule has 1 amide bonds. The lowest BCUT2D eigenvalue weighted by Gasteiger charge is -2.50. The Morgan fingerprint density at radius 1 is 1.19 bits per heavy atom. The van der Waals surface area contributed by atoms with Crippen molar-refractivity contribution in [2.24, 2.45) is 11.7 Å². The van der Waals surface area contributed by atoms with Crippen molar-refractivity contribution in [2.45, 2.75) is 43.7 Å². The number of carbonyl (C=O) groups excluding carboxylic acids is 1. The highest BCUT2D eigenvalue weighted by atomic mass is 16.5. The molecule has 1 aliphatic heterocycles. The van der Waals surface area contributed by atoms with Gasteiger partial charge in [0.15, 0.2) is 18.0 Å². The zero-order valence-electron chi connectivity index (χ0n) is 16.4. The number of hydrogen-bond donors (Lipinski definition) is 3. The summed E-state index contributed by atoms with van der Waals surface area (Å²) in [4.78, 5) is 12.8. The van der Waals surface area contributed by atoms with Gasteiger partial charge in [0.05, 0.1) is 33.5 Å². The first-order valence-electron chi connectivity index (χ1n) is 9.58. The van der Waals surface area contributed by atoms with Gasteiger partial charge in [0.25, 0.3) is 5.91 Å². The molecule has 1 saturated carbocycles. The number of likely N-dealkylation sites (tertiary alicyclic amines) is 1. The molecule has 150 valence electrons. The number of primary amides is 1. The van der Waals surface area contributed by atoms with Crippen LogP contribution in [0.1, 0.15) is 43.7 Å². The Labute approximate surface area is 160 Å². The Bertz CT molecular complexity index is 670. The second-order valence-electron chi connectivity index (χ2n) is 7.69. The van der Waals surface area contributed by atoms with Crippen LogP contribution in [-0.2, 0) is 4.79 Å². The molecule has 0 spiro atoms. The Morgan fingerprint density at radius 2 is 1.85 bits per heavy atom. The topological polar surface area (TPSA) is 95.5 Å². The Hall–Kier alpha value is -1.99. The third kappa shape index (κ3) is 3.71. The van der Waals surface area contributed by atoms with Crippen LogP contribution in [0.2, 0.25) is 0 Å². The van der Waals surface area contributed by atoms with E-state index in [0.717, 1.165) is 36.1 Å². The summed E-state index contributed by atoms with van der Waals surface area (Å²) in [5.74, 6) is 1.43. The molecule has 7 heteroatoms. The number of quaternary nitrogens is 1. The monoisotopic (exact) mass is 379 g/mol. The van der Waals surface area contributed by atoms with Gasteiger partial charge in [-0.3, -0.25) is 4.79 Å². The molecule has 1 aliphatic carbocycles. The number of nitrogens with one attached hydrogen (secondary N) is 1. The van der Waals surface area contributed by atoms with Gasteiger partial charge < -0.3 is 30.0 Å². The number of nitrogens with two attached hydrogens (primary N) is 1. The first-order chi connectivity index (χ1) is 12.9. The minimum atomic E-state index is -0.690. The smallest absolute Gasteiger partial charge is 0.272 e. The summed E-state index contributed by atoms with van der Waals surface area (Å²) in [7, 11) is 4.75. The van der Waals surface area contributed by atoms with Crippen LogP contribution in [0, 0.1) is 5.92 Å². The van der Waals surface area contributed by atoms with Crippen LogP contribution in [-0.4, -0.2) is 51.0 Å². The van der Waals surface area contributed by atoms with E-state index in [9.17, 15) is 9.90 Å². The van der Waals surface area contributed by atoms with E-state index in [1.165, 1.54) is 0 Å². The van der Waals surface area contributed by atoms with Crippen LogP contribution in [0.15, 0.2) is 12.1 Å². The molecule has 0 aromatic heterocycles. The molecule has 4 atom stereocenters. The van der Waals surface area contributed by atoms with Gasteiger partial charge in [-0.05, 0) is 25.0 Å². The number of carbonyl (C=O) groups is 1. The molecule has 3 rings (SSSR count). The predicted molar refractivity (Wildman–Crippen MR) is 100 cm³/mol. The lowest BCUT2D eigenvalue weighted by atomic mass is 9.66. The maximum absolute atomic E-state index is 11.7. The van der Waals surface area contributed by atoms with E-state index in [1.807, 2.05) is 12.1 Å². The molecule has 1 unspecified atom stereocenters. The number of piperidine rings is 1. The van der Waals surface area contributed by atoms with Crippen molar-refractivity contribution in [3.8, 4) is 17.2 Å². The summed E-state index contributed by atoms with van der Waals surface area (Å²) < 4.78 is 16.5. The number of benzene rings is 1. The van der Waals surface area contributed by atoms with Gasteiger partial charge in [0.1, 0.15) is 6.04 Å². The molecule has 27 heavy (non-hydrogen) atoms. The highest BCUT2D eigenvalue weighted by Gasteiger charge is 2.52. The van der Waals surface area contributed by atoms with E-state index < -0.39 is 5.60 Å². The van der Waals surface area contributed by atoms with Crippen LogP contribution in [0.25, 0.3) is 0 Å². The molecule has 0 radical (unpaired) electrons. The molecule has 0 bridgehead atoms. The SMILES string of the molecule is COc1cc([C@@H]2[C@@H]3CCCC[C@@]3(O)CC[NH+]2CC(N)=O)cc(OC)c1OC. The third-order valence-corrected chi connectivity index (χ3v) is 6.23. The molecule has 1 heterocycles. The average Bonchev–Trinajstić information content (AvgIpc) is 2.66. The van der Waals surface area contributed by atoms with Gasteiger partial charge in [-0.15, -0.1) is 0 Å². The number of ether oxygens (including phenoxy) is 3. The molecular formula is C20H31N2O5+. The van der Waals surface area contributed by atoms with E-state index in [2.05, 4.69) is 0 Å². The lowest BCUT2D eigenvalue weighted by molar-refractivity contribution is -0.937. The highest BCUT2D eigenvalue weighted by molar-refractivity contribution is 5.74. The van der Waals surface area contributed by atoms with Gasteiger partial charge in [0, 0.05) is 17.9 Å². The Morgan fingerprint density at radius 3 is 2.41 bits per heavy atom. The van der Waals surface area contributed by atoms with Crippen LogP contribution in [0.5, 0.6) is 17.2 Å². The molecular weight excluding hydrogens is 348 g/mol. The first-order valence-corrected chi connectivity index (χ1v) is 9.58. The molecule has 7 nitrogen and oxygen atoms in total. The Kier molecular flexibility index (Phi) is 5.81. The fourth-order valence-electron chi connectivity index (χ4n) is 5.02. The van der Waals surface area contributed by atoms with E-state index in [1.54, 1.807) is 21.3 Å². The summed E-state index contributed by atoms with van der Waals surface area (Å²) in [6.07, 6.45) is 4.56. The summed E-state index contributed by atoms with van der Waals surface area (Å²) in [5.41, 5.74) is 5.82. The van der Waals surface area contributed by atoms with Crippen molar-refractivity contribution >= 4 is 5.91 Å². The summed E-state index contributed by atoms with van der Waals surface area (Å²) in [6.45, 7) is 0.950. The normalized spacial score (nSPS) is 30.3. The second-order valence-corrected chi connectivity index (χ2v) is 7.69. The van der Waals surface area contributed by atoms with Crippen molar-refractivity contribution in [1.29, 1.82) is 0 Å². The maximum atomic E-state index is 11.7. The molecule has 2 fully saturated rings. The fourth-order valence-corrected chi connectivity index (χ4v) is 5.02. The van der Waals surface area contributed by atoms with Crippen LogP contribution < -0.4 is 24.8 Å². The first kappa shape index (κ1) is 19.8. The number of methoxy groups -OCH3 is 3. The van der Waals surface area contributed by atoms with Crippen molar-refractivity contribution < 1.29 is 29.0 Å². The highest BCUT2D eigenvalue weighted by Crippen LogP contribution is 2.47. The predicted octanol–water partition coefficient (Wildman–Crippen LogP) is 0.449. The summed E-state index contributed by atoms with van der Waals surface area (Å²) >= 11 is 0. The maximum Gasteiger partial charge on any atom is 0.272 e. The van der Waals surface area contributed by atoms with Gasteiger partial charge >= 0.3 is 0 Å². The zero-order valence-corrected chi connectivity index (χ0v) is 16.4. The average molecular weight is 379 g/mol. The summed E-state index contributed by atoms with van der Waals surface area (Å²) in [6, 6.07) is 3.83. The second kappa shape index (κ2) is 7.94. The molecule has 1 aromatic carbocycles. The van der Waals surface area contributed by atoms with Gasteiger partial charge in [0.2, 0.25) is 5.75 Å². The van der Waals surface area contributed by atoms with E-state index >= 15 is 0 Å². The van der Waals surface area contributed by atoms with E-state index in [0.29, 0.717) is 30.2 Å². The number of aliphatic hydroxyl groups is 1. The largest absolute Gasteiger partial charge is 0.493 e. The number of fused-ring (bicyclic) bond motifs is 1. The van der Waals surface area contributed by atoms with Crippen LogP contribution >= 0.6 is 0 Å². The molecule has 2 aliphatic rings. The van der Waals surface area contributed by atoms with Gasteiger partial charge in [-0.25, -0.2) is 0 Å². The van der Waals surface area contributed by atoms with Crippen molar-refractivity contribution in [3.05, 3.63) is 17.7 Å². The van der Waals surface area contributed by atoms with Gasteiger partial charge in [-0.2, -0.15) is 0 Å². The zero-order chi connectivity index (χ0) is 19.6. The number of rotatable bonds is 6. The van der Waals surface area contributed by atoms with Crippen molar-refractivity contribution in [3.63, 3.8) is 0 Å². The van der Waals surface area contributed by atoms with Gasteiger partial charge in [-0.1, -0.05) is 12.8 Å². The molecule has 1 saturated heterocycles. The molecule has 1 aromatic rings. The quantitative estimate of drug-likeness (QED) is 0.667. The number of hydrogen-bond acceptors (Lipinski definition) is 5. The van der Waals surface area contributed by atoms with E-state index in [-0.39, 0.29) is 24.4 Å². The standard InChI is InChI=1S/C20H30N2O5/c1-25-15-10-13(11-16(26-2)19(15)27-3)18-14-6-4-5-7-20(14,24)8-9-22(18)12-17(21)23/h10-11,14,18,24H,4-9,12H2,1-3H3,(H2,21,23)/p+1/t14-,18+,20+/m0/s1. The van der Waals surface area contributed by atoms with E-state index in [4.69, 9.17) is 19.9 Å². The Balaban J connectivity index is 2.09. The van der Waals surface area contributed by atoms with Crippen LogP contribution in [0.4, 0.5) is 0 Å². The minimum absolute atomic E-state index is 0.0507. The lowest BCUT2D eigenvalue weighted by Crippen LogP contribution is -3.16. The third-order valence-electron chi connectivity index (χ3n) is 6.23. The minimum Gasteiger partial charge on any atom is -0.493 e. The van der Waals surface area contributed by atoms with Crippen molar-refractivity contribution in [2.75, 3.05) is 34.4 Å². The fraction of sp³-hybridized carbons (Fsp3) is 0.650. The molecule has 4 N–H and O–H groups in total. The summed E-state index contributed by atoms with van der Waals surface area (Å²) in [5, 5.41) is 11.3.